The number of fused-ring (bicyclic) bond motifs is 1. The summed E-state index contributed by atoms with van der Waals surface area (Å²) < 4.78 is 72.0. The Labute approximate surface area is 190 Å². The van der Waals surface area contributed by atoms with Gasteiger partial charge in [-0.15, -0.1) is 0 Å². The maximum absolute atomic E-state index is 13.0. The fourth-order valence-corrected chi connectivity index (χ4v) is 7.16. The summed E-state index contributed by atoms with van der Waals surface area (Å²) in [4.78, 5) is 24.0. The number of ether oxygens (including phenoxy) is 1. The molecule has 1 saturated carbocycles. The maximum atomic E-state index is 13.0. The number of carbonyl (C=O) groups excluding carboxylic acids is 2. The molecule has 1 saturated heterocycles. The molecule has 2 aliphatic carbocycles. The average molecular weight is 490 g/mol. The standard InChI is InChI=1S/C21H26F3N3O5S/c1-2-32-18(28)10-25-19(29)14-4-3-13-8-16-5-6-17(9-15(13)7-14)20(16)11-27(12-21(22,23)24)33(30,31)26-20/h3-4,7,16-17,26H,2,5-6,8-12H2,1H3,(H,25,29)/t16-,17+,20+/m0/s1. The quantitative estimate of drug-likeness (QED) is 0.611. The van der Waals surface area contributed by atoms with Crippen LogP contribution < -0.4 is 10.0 Å². The molecular weight excluding hydrogens is 463 g/mol. The number of nitrogens with zero attached hydrogens (tertiary/aromatic N) is 1. The number of benzene rings is 1. The SMILES string of the molecule is CCOC(=O)CNC(=O)c1ccc2c(c1)C[C@H]1CC[C@@H](C2)[C@]12CN(CC(F)(F)F)S(=O)(=O)N2. The summed E-state index contributed by atoms with van der Waals surface area (Å²) in [7, 11) is -4.24. The van der Waals surface area contributed by atoms with Crippen LogP contribution in [-0.4, -0.2) is 62.6 Å². The number of alkyl halides is 3. The number of nitrogens with one attached hydrogen (secondary N) is 2. The summed E-state index contributed by atoms with van der Waals surface area (Å²) in [6.45, 7) is -0.109. The minimum absolute atomic E-state index is 0.139. The van der Waals surface area contributed by atoms with Crippen LogP contribution >= 0.6 is 0 Å². The van der Waals surface area contributed by atoms with Crippen LogP contribution in [0.3, 0.4) is 0 Å². The lowest BCUT2D eigenvalue weighted by atomic mass is 9.79. The van der Waals surface area contributed by atoms with Gasteiger partial charge >= 0.3 is 12.1 Å². The largest absolute Gasteiger partial charge is 0.465 e. The molecule has 2 fully saturated rings. The highest BCUT2D eigenvalue weighted by Gasteiger charge is 2.60. The van der Waals surface area contributed by atoms with Crippen LogP contribution in [0.15, 0.2) is 18.2 Å². The van der Waals surface area contributed by atoms with Crippen molar-refractivity contribution in [3.8, 4) is 0 Å². The van der Waals surface area contributed by atoms with E-state index in [1.54, 1.807) is 25.1 Å². The Morgan fingerprint density at radius 2 is 1.88 bits per heavy atom. The van der Waals surface area contributed by atoms with Crippen LogP contribution in [0.25, 0.3) is 0 Å². The second-order valence-electron chi connectivity index (χ2n) is 8.88. The summed E-state index contributed by atoms with van der Waals surface area (Å²) in [5.74, 6) is -1.31. The lowest BCUT2D eigenvalue weighted by molar-refractivity contribution is -0.141. The Bertz CT molecular complexity index is 1060. The third kappa shape index (κ3) is 4.73. The summed E-state index contributed by atoms with van der Waals surface area (Å²) in [6, 6.07) is 5.17. The van der Waals surface area contributed by atoms with Crippen molar-refractivity contribution < 1.29 is 35.9 Å². The van der Waals surface area contributed by atoms with Gasteiger partial charge in [0.15, 0.2) is 0 Å². The van der Waals surface area contributed by atoms with Crippen molar-refractivity contribution >= 4 is 22.1 Å². The number of rotatable bonds is 5. The van der Waals surface area contributed by atoms with Crippen molar-refractivity contribution in [3.63, 3.8) is 0 Å². The zero-order chi connectivity index (χ0) is 24.0. The molecule has 3 atom stereocenters. The van der Waals surface area contributed by atoms with Crippen LogP contribution in [0, 0.1) is 11.8 Å². The van der Waals surface area contributed by atoms with E-state index < -0.39 is 40.3 Å². The predicted molar refractivity (Wildman–Crippen MR) is 111 cm³/mol. The molecule has 0 unspecified atom stereocenters. The predicted octanol–water partition coefficient (Wildman–Crippen LogP) is 1.56. The Balaban J connectivity index is 1.54. The number of amides is 1. The van der Waals surface area contributed by atoms with Gasteiger partial charge in [0.1, 0.15) is 13.1 Å². The van der Waals surface area contributed by atoms with Crippen LogP contribution in [0.1, 0.15) is 41.3 Å². The third-order valence-corrected chi connectivity index (χ3v) is 8.45. The second kappa shape index (κ2) is 8.55. The van der Waals surface area contributed by atoms with Crippen LogP contribution in [-0.2, 0) is 32.6 Å². The van der Waals surface area contributed by atoms with Crippen molar-refractivity contribution in [2.75, 3.05) is 26.2 Å². The summed E-state index contributed by atoms with van der Waals surface area (Å²) in [5.41, 5.74) is 1.22. The fraction of sp³-hybridized carbons (Fsp3) is 0.619. The molecule has 1 spiro atoms. The first-order valence-corrected chi connectivity index (χ1v) is 12.3. The molecule has 1 aromatic rings. The van der Waals surface area contributed by atoms with Crippen LogP contribution in [0.5, 0.6) is 0 Å². The smallest absolute Gasteiger partial charge is 0.402 e. The lowest BCUT2D eigenvalue weighted by Gasteiger charge is -2.33. The van der Waals surface area contributed by atoms with Crippen molar-refractivity contribution in [1.29, 1.82) is 0 Å². The van der Waals surface area contributed by atoms with Gasteiger partial charge in [0.25, 0.3) is 16.1 Å². The van der Waals surface area contributed by atoms with E-state index in [0.717, 1.165) is 11.1 Å². The molecule has 1 aromatic carbocycles. The molecule has 182 valence electrons. The van der Waals surface area contributed by atoms with E-state index in [9.17, 15) is 31.2 Å². The Kier molecular flexibility index (Phi) is 6.21. The van der Waals surface area contributed by atoms with Gasteiger partial charge in [0.2, 0.25) is 0 Å². The molecule has 1 amide bonds. The number of esters is 1. The van der Waals surface area contributed by atoms with Gasteiger partial charge < -0.3 is 10.1 Å². The lowest BCUT2D eigenvalue weighted by Crippen LogP contribution is -2.52. The molecular formula is C21H26F3N3O5S. The van der Waals surface area contributed by atoms with E-state index in [-0.39, 0.29) is 31.5 Å². The summed E-state index contributed by atoms with van der Waals surface area (Å²) in [6.07, 6.45) is -2.26. The number of carbonyl (C=O) groups is 2. The van der Waals surface area contributed by atoms with Gasteiger partial charge in [0.05, 0.1) is 12.1 Å². The van der Waals surface area contributed by atoms with Gasteiger partial charge in [-0.25, -0.2) is 0 Å². The van der Waals surface area contributed by atoms with E-state index in [4.69, 9.17) is 4.74 Å². The zero-order valence-electron chi connectivity index (χ0n) is 18.1. The van der Waals surface area contributed by atoms with Crippen molar-refractivity contribution in [2.45, 2.75) is 44.3 Å². The number of halogens is 3. The Hall–Kier alpha value is -2.18. The maximum Gasteiger partial charge on any atom is 0.402 e. The van der Waals surface area contributed by atoms with Crippen LogP contribution in [0.4, 0.5) is 13.2 Å². The minimum atomic E-state index is -4.63. The van der Waals surface area contributed by atoms with Gasteiger partial charge in [-0.1, -0.05) is 6.07 Å². The minimum Gasteiger partial charge on any atom is -0.465 e. The molecule has 1 heterocycles. The zero-order valence-corrected chi connectivity index (χ0v) is 18.9. The van der Waals surface area contributed by atoms with Crippen molar-refractivity contribution in [3.05, 3.63) is 34.9 Å². The molecule has 2 N–H and O–H groups in total. The average Bonchev–Trinajstić information content (AvgIpc) is 3.09. The molecule has 0 aromatic heterocycles. The highest BCUT2D eigenvalue weighted by atomic mass is 32.2. The second-order valence-corrected chi connectivity index (χ2v) is 10.6. The van der Waals surface area contributed by atoms with Gasteiger partial charge in [-0.2, -0.15) is 30.6 Å². The molecule has 1 aliphatic heterocycles. The first-order valence-electron chi connectivity index (χ1n) is 10.8. The van der Waals surface area contributed by atoms with Crippen molar-refractivity contribution in [2.24, 2.45) is 11.8 Å². The van der Waals surface area contributed by atoms with E-state index in [1.165, 1.54) is 0 Å². The number of hydrogen-bond donors (Lipinski definition) is 2. The molecule has 3 aliphatic rings. The first kappa shape index (κ1) is 24.0. The van der Waals surface area contributed by atoms with Gasteiger partial charge in [-0.3, -0.25) is 9.59 Å². The Morgan fingerprint density at radius 3 is 2.52 bits per heavy atom. The summed E-state index contributed by atoms with van der Waals surface area (Å²) in [5, 5.41) is 2.51. The molecule has 2 bridgehead atoms. The normalized spacial score (nSPS) is 28.4. The molecule has 0 radical (unpaired) electrons. The van der Waals surface area contributed by atoms with E-state index >= 15 is 0 Å². The molecule has 12 heteroatoms. The fourth-order valence-electron chi connectivity index (χ4n) is 5.45. The molecule has 33 heavy (non-hydrogen) atoms. The van der Waals surface area contributed by atoms with Crippen LogP contribution in [0.2, 0.25) is 0 Å². The van der Waals surface area contributed by atoms with Crippen molar-refractivity contribution in [1.82, 2.24) is 14.3 Å². The molecule has 4 rings (SSSR count). The third-order valence-electron chi connectivity index (χ3n) is 6.87. The summed E-state index contributed by atoms with van der Waals surface area (Å²) >= 11 is 0. The van der Waals surface area contributed by atoms with E-state index in [2.05, 4.69) is 10.0 Å². The van der Waals surface area contributed by atoms with Gasteiger partial charge in [0, 0.05) is 12.1 Å². The first-order chi connectivity index (χ1) is 15.4. The number of hydrogen-bond acceptors (Lipinski definition) is 5. The highest BCUT2D eigenvalue weighted by Crippen LogP contribution is 2.50. The topological polar surface area (TPSA) is 105 Å². The Morgan fingerprint density at radius 1 is 1.21 bits per heavy atom. The van der Waals surface area contributed by atoms with E-state index in [1.807, 2.05) is 0 Å². The van der Waals surface area contributed by atoms with Gasteiger partial charge in [-0.05, 0) is 67.7 Å². The monoisotopic (exact) mass is 489 g/mol. The van der Waals surface area contributed by atoms with E-state index in [0.29, 0.717) is 35.6 Å². The highest BCUT2D eigenvalue weighted by molar-refractivity contribution is 7.87. The molecule has 8 nitrogen and oxygen atoms in total.